The molecule has 5 rings (SSSR count). The van der Waals surface area contributed by atoms with Gasteiger partial charge in [0.25, 0.3) is 5.91 Å². The highest BCUT2D eigenvalue weighted by Crippen LogP contribution is 2.40. The maximum absolute atomic E-state index is 12.9. The van der Waals surface area contributed by atoms with Crippen LogP contribution in [-0.4, -0.2) is 62.0 Å². The van der Waals surface area contributed by atoms with Crippen molar-refractivity contribution in [1.29, 1.82) is 0 Å². The summed E-state index contributed by atoms with van der Waals surface area (Å²) in [6, 6.07) is 3.77. The molecule has 0 spiro atoms. The van der Waals surface area contributed by atoms with Crippen molar-refractivity contribution < 1.29 is 14.7 Å². The monoisotopic (exact) mass is 425 g/mol. The molecule has 8 nitrogen and oxygen atoms in total. The summed E-state index contributed by atoms with van der Waals surface area (Å²) in [7, 11) is 0. The van der Waals surface area contributed by atoms with E-state index in [2.05, 4.69) is 15.3 Å². The van der Waals surface area contributed by atoms with Crippen molar-refractivity contribution in [1.82, 2.24) is 19.8 Å². The lowest BCUT2D eigenvalue weighted by Crippen LogP contribution is -2.40. The van der Waals surface area contributed by atoms with Crippen LogP contribution < -0.4 is 5.32 Å². The van der Waals surface area contributed by atoms with E-state index < -0.39 is 6.23 Å². The minimum Gasteiger partial charge on any atom is -0.369 e. The number of thiazole rings is 1. The van der Waals surface area contributed by atoms with Crippen LogP contribution >= 0.6 is 11.3 Å². The third kappa shape index (κ3) is 3.48. The topological polar surface area (TPSA) is 98.7 Å². The number of nitrogens with one attached hydrogen (secondary N) is 1. The van der Waals surface area contributed by atoms with Crippen LogP contribution in [-0.2, 0) is 9.59 Å². The Morgan fingerprint density at radius 3 is 2.87 bits per heavy atom. The minimum absolute atomic E-state index is 0.0600. The quantitative estimate of drug-likeness (QED) is 0.762. The highest BCUT2D eigenvalue weighted by atomic mass is 32.1. The molecule has 2 N–H and O–H groups in total. The molecule has 156 valence electrons. The largest absolute Gasteiger partial charge is 0.369 e. The number of carbonyl (C=O) groups excluding carboxylic acids is 2. The van der Waals surface area contributed by atoms with E-state index in [1.165, 1.54) is 0 Å². The van der Waals surface area contributed by atoms with Gasteiger partial charge in [0.2, 0.25) is 5.91 Å². The summed E-state index contributed by atoms with van der Waals surface area (Å²) in [6.45, 7) is 2.64. The normalized spacial score (nSPS) is 21.3. The van der Waals surface area contributed by atoms with E-state index >= 15 is 0 Å². The van der Waals surface area contributed by atoms with Gasteiger partial charge in [0, 0.05) is 35.3 Å². The van der Waals surface area contributed by atoms with Crippen LogP contribution in [0, 0.1) is 6.92 Å². The number of hydrogen-bond acceptors (Lipinski definition) is 7. The molecule has 30 heavy (non-hydrogen) atoms. The van der Waals surface area contributed by atoms with E-state index in [0.717, 1.165) is 41.1 Å². The fraction of sp³-hybridized carbons (Fsp3) is 0.429. The predicted molar refractivity (Wildman–Crippen MR) is 112 cm³/mol. The van der Waals surface area contributed by atoms with Crippen LogP contribution in [0.5, 0.6) is 0 Å². The Labute approximate surface area is 178 Å². The maximum Gasteiger partial charge on any atom is 0.272 e. The zero-order valence-corrected chi connectivity index (χ0v) is 17.5. The van der Waals surface area contributed by atoms with Crippen LogP contribution in [0.25, 0.3) is 11.3 Å². The van der Waals surface area contributed by atoms with Crippen molar-refractivity contribution in [3.05, 3.63) is 40.0 Å². The Kier molecular flexibility index (Phi) is 4.79. The van der Waals surface area contributed by atoms with Crippen LogP contribution in [0.3, 0.4) is 0 Å². The van der Waals surface area contributed by atoms with Gasteiger partial charge >= 0.3 is 0 Å². The molecule has 1 atom stereocenters. The number of anilines is 1. The zero-order chi connectivity index (χ0) is 20.8. The van der Waals surface area contributed by atoms with E-state index in [4.69, 9.17) is 0 Å². The average Bonchev–Trinajstić information content (AvgIpc) is 3.41. The molecule has 4 heterocycles. The summed E-state index contributed by atoms with van der Waals surface area (Å²) in [5.41, 5.74) is 3.04. The van der Waals surface area contributed by atoms with E-state index in [0.29, 0.717) is 24.5 Å². The molecule has 1 unspecified atom stereocenters. The highest BCUT2D eigenvalue weighted by Gasteiger charge is 2.48. The smallest absolute Gasteiger partial charge is 0.272 e. The van der Waals surface area contributed by atoms with Gasteiger partial charge in [0.05, 0.1) is 17.2 Å². The number of aryl methyl sites for hydroxylation is 1. The third-order valence-electron chi connectivity index (χ3n) is 5.73. The number of rotatable bonds is 5. The molecule has 3 aliphatic rings. The number of aliphatic hydroxyl groups excluding tert-OH is 1. The van der Waals surface area contributed by atoms with Gasteiger partial charge in [-0.15, -0.1) is 11.3 Å². The predicted octanol–water partition coefficient (Wildman–Crippen LogP) is 2.12. The van der Waals surface area contributed by atoms with Gasteiger partial charge in [0.1, 0.15) is 11.5 Å². The minimum atomic E-state index is -0.838. The van der Waals surface area contributed by atoms with Crippen molar-refractivity contribution in [2.75, 3.05) is 18.4 Å². The van der Waals surface area contributed by atoms with Crippen LogP contribution in [0.2, 0.25) is 0 Å². The van der Waals surface area contributed by atoms with E-state index in [9.17, 15) is 14.7 Å². The summed E-state index contributed by atoms with van der Waals surface area (Å²) in [5.74, 6) is 0.0773. The SMILES string of the molecule is Cc1nc(-c2ccc(NC(=O)CN3CCCC4=C3C(=O)N(C3CC3)C4O)nc2)cs1. The molecule has 2 aromatic heterocycles. The fourth-order valence-corrected chi connectivity index (χ4v) is 4.79. The summed E-state index contributed by atoms with van der Waals surface area (Å²) < 4.78 is 0. The number of pyridine rings is 1. The number of nitrogens with zero attached hydrogens (tertiary/aromatic N) is 4. The first kappa shape index (κ1) is 19.2. The van der Waals surface area contributed by atoms with Crippen molar-refractivity contribution in [3.63, 3.8) is 0 Å². The number of aromatic nitrogens is 2. The van der Waals surface area contributed by atoms with Crippen LogP contribution in [0.1, 0.15) is 30.7 Å². The van der Waals surface area contributed by atoms with Gasteiger partial charge < -0.3 is 20.2 Å². The fourth-order valence-electron chi connectivity index (χ4n) is 4.17. The van der Waals surface area contributed by atoms with Crippen molar-refractivity contribution in [2.45, 2.75) is 44.9 Å². The first-order chi connectivity index (χ1) is 14.5. The highest BCUT2D eigenvalue weighted by molar-refractivity contribution is 7.09. The Morgan fingerprint density at radius 2 is 2.20 bits per heavy atom. The molecule has 0 bridgehead atoms. The van der Waals surface area contributed by atoms with Crippen LogP contribution in [0.4, 0.5) is 5.82 Å². The number of carbonyl (C=O) groups is 2. The molecule has 0 radical (unpaired) electrons. The molecular formula is C21H23N5O3S. The molecule has 9 heteroatoms. The molecule has 1 aliphatic carbocycles. The number of aliphatic hydroxyl groups is 1. The Morgan fingerprint density at radius 1 is 1.37 bits per heavy atom. The van der Waals surface area contributed by atoms with Crippen LogP contribution in [0.15, 0.2) is 35.0 Å². The van der Waals surface area contributed by atoms with Gasteiger partial charge in [0.15, 0.2) is 6.23 Å². The lowest BCUT2D eigenvalue weighted by Gasteiger charge is -2.28. The second-order valence-electron chi connectivity index (χ2n) is 7.95. The van der Waals surface area contributed by atoms with Crippen molar-refractivity contribution in [2.24, 2.45) is 0 Å². The number of amides is 2. The Balaban J connectivity index is 1.26. The molecule has 2 aliphatic heterocycles. The molecule has 1 saturated carbocycles. The second kappa shape index (κ2) is 7.48. The maximum atomic E-state index is 12.9. The van der Waals surface area contributed by atoms with E-state index in [1.54, 1.807) is 33.4 Å². The van der Waals surface area contributed by atoms with Crippen molar-refractivity contribution >= 4 is 29.0 Å². The summed E-state index contributed by atoms with van der Waals surface area (Å²) >= 11 is 1.58. The van der Waals surface area contributed by atoms with Crippen molar-refractivity contribution in [3.8, 4) is 11.3 Å². The van der Waals surface area contributed by atoms with Gasteiger partial charge in [-0.3, -0.25) is 9.59 Å². The molecule has 1 fully saturated rings. The summed E-state index contributed by atoms with van der Waals surface area (Å²) in [5, 5.41) is 16.4. The lowest BCUT2D eigenvalue weighted by atomic mass is 10.0. The third-order valence-corrected chi connectivity index (χ3v) is 6.50. The summed E-state index contributed by atoms with van der Waals surface area (Å²) in [4.78, 5) is 37.6. The average molecular weight is 426 g/mol. The lowest BCUT2D eigenvalue weighted by molar-refractivity contribution is -0.133. The second-order valence-corrected chi connectivity index (χ2v) is 9.01. The Bertz CT molecular complexity index is 1030. The Hall–Kier alpha value is -2.78. The first-order valence-corrected chi connectivity index (χ1v) is 11.1. The zero-order valence-electron chi connectivity index (χ0n) is 16.7. The standard InChI is InChI=1S/C21H23N5O3S/c1-12-23-16(11-30-12)13-4-7-17(22-9-13)24-18(27)10-25-8-2-3-15-19(25)21(29)26(20(15)28)14-5-6-14/h4,7,9,11,14,20,28H,2-3,5-6,8,10H2,1H3,(H,22,24,27). The van der Waals surface area contributed by atoms with E-state index in [-0.39, 0.29) is 24.4 Å². The van der Waals surface area contributed by atoms with Gasteiger partial charge in [-0.1, -0.05) is 0 Å². The van der Waals surface area contributed by atoms with Gasteiger partial charge in [-0.25, -0.2) is 9.97 Å². The molecule has 0 aromatic carbocycles. The summed E-state index contributed by atoms with van der Waals surface area (Å²) in [6.07, 6.45) is 4.24. The molecular weight excluding hydrogens is 402 g/mol. The van der Waals surface area contributed by atoms with E-state index in [1.807, 2.05) is 18.4 Å². The molecule has 0 saturated heterocycles. The van der Waals surface area contributed by atoms with Gasteiger partial charge in [-0.05, 0) is 44.7 Å². The molecule has 2 amide bonds. The molecule has 2 aromatic rings. The van der Waals surface area contributed by atoms with Gasteiger partial charge in [-0.2, -0.15) is 0 Å². The first-order valence-electron chi connectivity index (χ1n) is 10.2. The number of hydrogen-bond donors (Lipinski definition) is 2.